The fraction of sp³-hybridized carbons (Fsp3) is 0.350. The van der Waals surface area contributed by atoms with Gasteiger partial charge in [-0.25, -0.2) is 0 Å². The number of nitrogens with one attached hydrogen (secondary N) is 2. The predicted octanol–water partition coefficient (Wildman–Crippen LogP) is 2.37. The largest absolute Gasteiger partial charge is 0.378 e. The summed E-state index contributed by atoms with van der Waals surface area (Å²) in [5, 5.41) is 9.23. The number of amides is 3. The van der Waals surface area contributed by atoms with Crippen LogP contribution in [-0.4, -0.2) is 55.5 Å². The van der Waals surface area contributed by atoms with E-state index in [2.05, 4.69) is 10.6 Å². The molecule has 148 valence electrons. The van der Waals surface area contributed by atoms with Gasteiger partial charge >= 0.3 is 0 Å². The first kappa shape index (κ1) is 20.0. The van der Waals surface area contributed by atoms with Crippen LogP contribution in [0.15, 0.2) is 41.1 Å². The van der Waals surface area contributed by atoms with Crippen LogP contribution in [-0.2, 0) is 9.53 Å². The van der Waals surface area contributed by atoms with Crippen LogP contribution in [0.25, 0.3) is 0 Å². The predicted molar refractivity (Wildman–Crippen MR) is 108 cm³/mol. The van der Waals surface area contributed by atoms with Crippen molar-refractivity contribution < 1.29 is 19.1 Å². The molecule has 3 rings (SSSR count). The topological polar surface area (TPSA) is 87.7 Å². The SMILES string of the molecule is O=C(CCCNC(=O)c1ccsc1)Nc1cccc(C(=O)N2CCOCC2)c1. The Morgan fingerprint density at radius 1 is 1.11 bits per heavy atom. The Morgan fingerprint density at radius 3 is 2.68 bits per heavy atom. The molecule has 1 aromatic carbocycles. The van der Waals surface area contributed by atoms with Crippen LogP contribution in [0.2, 0.25) is 0 Å². The smallest absolute Gasteiger partial charge is 0.254 e. The van der Waals surface area contributed by atoms with Crippen LogP contribution in [0.1, 0.15) is 33.6 Å². The van der Waals surface area contributed by atoms with Gasteiger partial charge in [-0.3, -0.25) is 14.4 Å². The van der Waals surface area contributed by atoms with Crippen molar-refractivity contribution in [2.45, 2.75) is 12.8 Å². The molecule has 2 aromatic rings. The number of carbonyl (C=O) groups excluding carboxylic acids is 3. The molecular weight excluding hydrogens is 378 g/mol. The summed E-state index contributed by atoms with van der Waals surface area (Å²) < 4.78 is 5.27. The lowest BCUT2D eigenvalue weighted by Gasteiger charge is -2.27. The van der Waals surface area contributed by atoms with Crippen molar-refractivity contribution in [2.24, 2.45) is 0 Å². The second-order valence-electron chi connectivity index (χ2n) is 6.41. The Morgan fingerprint density at radius 2 is 1.93 bits per heavy atom. The fourth-order valence-corrected chi connectivity index (χ4v) is 3.49. The van der Waals surface area contributed by atoms with Crippen molar-refractivity contribution >= 4 is 34.7 Å². The third kappa shape index (κ3) is 5.64. The minimum Gasteiger partial charge on any atom is -0.378 e. The maximum Gasteiger partial charge on any atom is 0.254 e. The monoisotopic (exact) mass is 401 g/mol. The molecular formula is C20H23N3O4S. The Balaban J connectivity index is 1.43. The van der Waals surface area contributed by atoms with Crippen molar-refractivity contribution in [3.8, 4) is 0 Å². The number of morpholine rings is 1. The molecule has 28 heavy (non-hydrogen) atoms. The van der Waals surface area contributed by atoms with Crippen LogP contribution in [0.5, 0.6) is 0 Å². The van der Waals surface area contributed by atoms with Gasteiger partial charge in [0.15, 0.2) is 0 Å². The maximum atomic E-state index is 12.5. The van der Waals surface area contributed by atoms with Crippen LogP contribution < -0.4 is 10.6 Å². The average molecular weight is 401 g/mol. The van der Waals surface area contributed by atoms with E-state index in [1.807, 2.05) is 5.38 Å². The van der Waals surface area contributed by atoms with Gasteiger partial charge < -0.3 is 20.3 Å². The molecule has 7 nitrogen and oxygen atoms in total. The third-order valence-electron chi connectivity index (χ3n) is 4.34. The lowest BCUT2D eigenvalue weighted by Crippen LogP contribution is -2.40. The summed E-state index contributed by atoms with van der Waals surface area (Å²) in [6.07, 6.45) is 0.819. The molecule has 8 heteroatoms. The molecule has 1 fully saturated rings. The Hall–Kier alpha value is -2.71. The molecule has 0 aliphatic carbocycles. The number of nitrogens with zero attached hydrogens (tertiary/aromatic N) is 1. The molecule has 1 saturated heterocycles. The number of benzene rings is 1. The van der Waals surface area contributed by atoms with Gasteiger partial charge in [-0.2, -0.15) is 11.3 Å². The highest BCUT2D eigenvalue weighted by Crippen LogP contribution is 2.14. The van der Waals surface area contributed by atoms with Gasteiger partial charge in [0.25, 0.3) is 11.8 Å². The molecule has 0 unspecified atom stereocenters. The number of hydrogen-bond acceptors (Lipinski definition) is 5. The van der Waals surface area contributed by atoms with Crippen LogP contribution in [0.3, 0.4) is 0 Å². The first-order chi connectivity index (χ1) is 13.6. The zero-order valence-corrected chi connectivity index (χ0v) is 16.3. The van der Waals surface area contributed by atoms with E-state index in [-0.39, 0.29) is 24.1 Å². The van der Waals surface area contributed by atoms with Crippen molar-refractivity contribution in [3.05, 3.63) is 52.2 Å². The molecule has 0 atom stereocenters. The lowest BCUT2D eigenvalue weighted by atomic mass is 10.1. The van der Waals surface area contributed by atoms with Crippen molar-refractivity contribution in [3.63, 3.8) is 0 Å². The van der Waals surface area contributed by atoms with Gasteiger partial charge in [0.05, 0.1) is 13.2 Å². The zero-order valence-electron chi connectivity index (χ0n) is 15.5. The maximum absolute atomic E-state index is 12.5. The van der Waals surface area contributed by atoms with Crippen molar-refractivity contribution in [2.75, 3.05) is 38.2 Å². The molecule has 0 radical (unpaired) electrons. The Labute approximate surface area is 167 Å². The number of ether oxygens (including phenoxy) is 1. The molecule has 1 aromatic heterocycles. The van der Waals surface area contributed by atoms with E-state index in [1.54, 1.807) is 40.6 Å². The molecule has 2 heterocycles. The highest BCUT2D eigenvalue weighted by molar-refractivity contribution is 7.08. The first-order valence-corrected chi connectivity index (χ1v) is 10.1. The van der Waals surface area contributed by atoms with Gasteiger partial charge in [0.1, 0.15) is 0 Å². The first-order valence-electron chi connectivity index (χ1n) is 9.21. The summed E-state index contributed by atoms with van der Waals surface area (Å²) in [5.74, 6) is -0.340. The number of thiophene rings is 1. The van der Waals surface area contributed by atoms with Gasteiger partial charge in [-0.15, -0.1) is 0 Å². The normalized spacial score (nSPS) is 13.8. The molecule has 1 aliphatic rings. The standard InChI is InChI=1S/C20H23N3O4S/c24-18(5-2-7-21-19(25)16-6-12-28-14-16)22-17-4-1-3-15(13-17)20(26)23-8-10-27-11-9-23/h1,3-4,6,12-14H,2,5,7-11H2,(H,21,25)(H,22,24). The summed E-state index contributed by atoms with van der Waals surface area (Å²) in [7, 11) is 0. The summed E-state index contributed by atoms with van der Waals surface area (Å²) in [4.78, 5) is 38.2. The van der Waals surface area contributed by atoms with Crippen LogP contribution >= 0.6 is 11.3 Å². The van der Waals surface area contributed by atoms with E-state index >= 15 is 0 Å². The summed E-state index contributed by atoms with van der Waals surface area (Å²) >= 11 is 1.47. The summed E-state index contributed by atoms with van der Waals surface area (Å²) in [5.41, 5.74) is 1.77. The Bertz CT molecular complexity index is 817. The highest BCUT2D eigenvalue weighted by Gasteiger charge is 2.18. The number of anilines is 1. The van der Waals surface area contributed by atoms with E-state index in [9.17, 15) is 14.4 Å². The molecule has 0 saturated carbocycles. The lowest BCUT2D eigenvalue weighted by molar-refractivity contribution is -0.116. The van der Waals surface area contributed by atoms with E-state index in [1.165, 1.54) is 11.3 Å². The molecule has 1 aliphatic heterocycles. The second kappa shape index (κ2) is 10.0. The highest BCUT2D eigenvalue weighted by atomic mass is 32.1. The molecule has 0 bridgehead atoms. The molecule has 3 amide bonds. The van der Waals surface area contributed by atoms with E-state index in [0.717, 1.165) is 0 Å². The van der Waals surface area contributed by atoms with Crippen molar-refractivity contribution in [1.82, 2.24) is 10.2 Å². The van der Waals surface area contributed by atoms with E-state index in [0.29, 0.717) is 56.1 Å². The van der Waals surface area contributed by atoms with E-state index in [4.69, 9.17) is 4.74 Å². The molecule has 2 N–H and O–H groups in total. The van der Waals surface area contributed by atoms with Crippen molar-refractivity contribution in [1.29, 1.82) is 0 Å². The summed E-state index contributed by atoms with van der Waals surface area (Å²) in [6, 6.07) is 8.70. The second-order valence-corrected chi connectivity index (χ2v) is 7.19. The van der Waals surface area contributed by atoms with Gasteiger partial charge in [-0.05, 0) is 36.1 Å². The Kier molecular flexibility index (Phi) is 7.16. The quantitative estimate of drug-likeness (QED) is 0.698. The van der Waals surface area contributed by atoms with E-state index < -0.39 is 0 Å². The van der Waals surface area contributed by atoms with Gasteiger partial charge in [0, 0.05) is 48.2 Å². The summed E-state index contributed by atoms with van der Waals surface area (Å²) in [6.45, 7) is 2.67. The average Bonchev–Trinajstić information content (AvgIpc) is 3.26. The fourth-order valence-electron chi connectivity index (χ4n) is 2.85. The van der Waals surface area contributed by atoms with Crippen LogP contribution in [0.4, 0.5) is 5.69 Å². The third-order valence-corrected chi connectivity index (χ3v) is 5.02. The minimum absolute atomic E-state index is 0.0597. The van der Waals surface area contributed by atoms with Crippen LogP contribution in [0, 0.1) is 0 Å². The van der Waals surface area contributed by atoms with Gasteiger partial charge in [-0.1, -0.05) is 6.07 Å². The number of rotatable bonds is 7. The molecule has 0 spiro atoms. The number of hydrogen-bond donors (Lipinski definition) is 2. The minimum atomic E-state index is -0.152. The zero-order chi connectivity index (χ0) is 19.8. The number of carbonyl (C=O) groups is 3. The van der Waals surface area contributed by atoms with Gasteiger partial charge in [0.2, 0.25) is 5.91 Å².